The van der Waals surface area contributed by atoms with Crippen molar-refractivity contribution in [2.24, 2.45) is 0 Å². The summed E-state index contributed by atoms with van der Waals surface area (Å²) in [4.78, 5) is 32.9. The minimum Gasteiger partial charge on any atom is -0.497 e. The van der Waals surface area contributed by atoms with Crippen LogP contribution in [0.25, 0.3) is 0 Å². The number of nitrogens with zero attached hydrogens (tertiary/aromatic N) is 3. The van der Waals surface area contributed by atoms with Crippen molar-refractivity contribution in [3.8, 4) is 17.2 Å². The normalized spacial score (nSPS) is 14.5. The van der Waals surface area contributed by atoms with Crippen molar-refractivity contribution in [1.29, 1.82) is 0 Å². The van der Waals surface area contributed by atoms with Gasteiger partial charge in [-0.1, -0.05) is 36.4 Å². The number of aliphatic carboxylic acids is 1. The number of hydrogen-bond donors (Lipinski definition) is 1. The van der Waals surface area contributed by atoms with Crippen molar-refractivity contribution in [2.45, 2.75) is 38.4 Å². The van der Waals surface area contributed by atoms with Gasteiger partial charge in [0.2, 0.25) is 5.91 Å². The van der Waals surface area contributed by atoms with Crippen molar-refractivity contribution in [1.82, 2.24) is 14.5 Å². The van der Waals surface area contributed by atoms with E-state index in [1.165, 1.54) is 4.90 Å². The molecule has 4 aromatic rings. The SMILES string of the molecule is COc1ccc(C(C(=O)N2Cc3ncn(Cc4ccc(OC)c(C)c4)c3C[C@H]2C(=O)O)c2ccc(OC)cc2)cc1. The molecule has 212 valence electrons. The monoisotopic (exact) mass is 555 g/mol. The first-order valence-electron chi connectivity index (χ1n) is 13.3. The van der Waals surface area contributed by atoms with Crippen molar-refractivity contribution in [3.63, 3.8) is 0 Å². The molecule has 41 heavy (non-hydrogen) atoms. The minimum atomic E-state index is -1.06. The van der Waals surface area contributed by atoms with E-state index in [2.05, 4.69) is 4.98 Å². The van der Waals surface area contributed by atoms with Crippen molar-refractivity contribution in [2.75, 3.05) is 21.3 Å². The van der Waals surface area contributed by atoms with Crippen LogP contribution in [0.5, 0.6) is 17.2 Å². The van der Waals surface area contributed by atoms with E-state index in [4.69, 9.17) is 14.2 Å². The molecular formula is C32H33N3O6. The summed E-state index contributed by atoms with van der Waals surface area (Å²) in [5, 5.41) is 10.3. The van der Waals surface area contributed by atoms with Crippen LogP contribution in [-0.4, -0.2) is 58.8 Å². The molecule has 5 rings (SSSR count). The lowest BCUT2D eigenvalue weighted by atomic mass is 9.88. The Labute approximate surface area is 238 Å². The third kappa shape index (κ3) is 5.61. The molecule has 3 aromatic carbocycles. The average Bonchev–Trinajstić information content (AvgIpc) is 3.38. The Morgan fingerprint density at radius 1 is 0.927 bits per heavy atom. The van der Waals surface area contributed by atoms with Gasteiger partial charge in [-0.15, -0.1) is 0 Å². The molecule has 1 amide bonds. The molecular weight excluding hydrogens is 522 g/mol. The highest BCUT2D eigenvalue weighted by atomic mass is 16.5. The Bertz CT molecular complexity index is 1500. The minimum absolute atomic E-state index is 0.0998. The van der Waals surface area contributed by atoms with Crippen LogP contribution in [0.4, 0.5) is 0 Å². The third-order valence-electron chi connectivity index (χ3n) is 7.64. The summed E-state index contributed by atoms with van der Waals surface area (Å²) >= 11 is 0. The Hall–Kier alpha value is -4.79. The number of methoxy groups -OCH3 is 3. The van der Waals surface area contributed by atoms with E-state index >= 15 is 0 Å². The second-order valence-electron chi connectivity index (χ2n) is 10.1. The molecule has 9 nitrogen and oxygen atoms in total. The molecule has 0 unspecified atom stereocenters. The first kappa shape index (κ1) is 27.8. The smallest absolute Gasteiger partial charge is 0.326 e. The number of amides is 1. The fourth-order valence-electron chi connectivity index (χ4n) is 5.44. The lowest BCUT2D eigenvalue weighted by Gasteiger charge is -2.35. The Balaban J connectivity index is 1.48. The van der Waals surface area contributed by atoms with Crippen molar-refractivity contribution >= 4 is 11.9 Å². The summed E-state index contributed by atoms with van der Waals surface area (Å²) in [6, 6.07) is 19.4. The van der Waals surface area contributed by atoms with Gasteiger partial charge in [0.15, 0.2) is 0 Å². The van der Waals surface area contributed by atoms with E-state index in [1.807, 2.05) is 54.0 Å². The van der Waals surface area contributed by atoms with Crippen molar-refractivity contribution in [3.05, 3.63) is 107 Å². The van der Waals surface area contributed by atoms with E-state index < -0.39 is 17.9 Å². The van der Waals surface area contributed by atoms with Gasteiger partial charge in [0.1, 0.15) is 23.3 Å². The van der Waals surface area contributed by atoms with Crippen LogP contribution in [-0.2, 0) is 29.1 Å². The maximum atomic E-state index is 14.3. The van der Waals surface area contributed by atoms with Crippen LogP contribution in [0.1, 0.15) is 39.6 Å². The molecule has 0 radical (unpaired) electrons. The second kappa shape index (κ2) is 11.8. The highest BCUT2D eigenvalue weighted by molar-refractivity contribution is 5.91. The molecule has 0 fully saturated rings. The molecule has 1 aliphatic heterocycles. The molecule has 1 aromatic heterocycles. The number of benzene rings is 3. The van der Waals surface area contributed by atoms with Gasteiger partial charge in [0, 0.05) is 18.7 Å². The maximum Gasteiger partial charge on any atom is 0.326 e. The molecule has 0 bridgehead atoms. The molecule has 1 aliphatic rings. The maximum absolute atomic E-state index is 14.3. The molecule has 0 saturated carbocycles. The van der Waals surface area contributed by atoms with Crippen molar-refractivity contribution < 1.29 is 28.9 Å². The number of carbonyl (C=O) groups excluding carboxylic acids is 1. The largest absolute Gasteiger partial charge is 0.497 e. The van der Waals surface area contributed by atoms with Crippen LogP contribution < -0.4 is 14.2 Å². The van der Waals surface area contributed by atoms with Gasteiger partial charge in [-0.3, -0.25) is 4.79 Å². The molecule has 1 N–H and O–H groups in total. The number of ether oxygens (including phenoxy) is 3. The molecule has 2 heterocycles. The third-order valence-corrected chi connectivity index (χ3v) is 7.64. The fourth-order valence-corrected chi connectivity index (χ4v) is 5.44. The van der Waals surface area contributed by atoms with E-state index in [0.717, 1.165) is 33.7 Å². The first-order valence-corrected chi connectivity index (χ1v) is 13.3. The van der Waals surface area contributed by atoms with Gasteiger partial charge >= 0.3 is 5.97 Å². The summed E-state index contributed by atoms with van der Waals surface area (Å²) in [5.41, 5.74) is 5.05. The first-order chi connectivity index (χ1) is 19.8. The lowest BCUT2D eigenvalue weighted by Crippen LogP contribution is -2.50. The molecule has 0 spiro atoms. The molecule has 1 atom stereocenters. The topological polar surface area (TPSA) is 103 Å². The lowest BCUT2D eigenvalue weighted by molar-refractivity contribution is -0.151. The van der Waals surface area contributed by atoms with E-state index in [1.54, 1.807) is 51.9 Å². The Morgan fingerprint density at radius 2 is 1.54 bits per heavy atom. The number of aromatic nitrogens is 2. The highest BCUT2D eigenvalue weighted by Crippen LogP contribution is 2.33. The molecule has 9 heteroatoms. The highest BCUT2D eigenvalue weighted by Gasteiger charge is 2.40. The van der Waals surface area contributed by atoms with Gasteiger partial charge < -0.3 is 28.8 Å². The quantitative estimate of drug-likeness (QED) is 0.326. The van der Waals surface area contributed by atoms with E-state index in [-0.39, 0.29) is 18.9 Å². The Morgan fingerprint density at radius 3 is 2.05 bits per heavy atom. The molecule has 0 saturated heterocycles. The van der Waals surface area contributed by atoms with Crippen LogP contribution >= 0.6 is 0 Å². The number of carboxylic acid groups (broad SMARTS) is 1. The Kier molecular flexibility index (Phi) is 7.96. The summed E-state index contributed by atoms with van der Waals surface area (Å²) in [6.45, 7) is 2.62. The summed E-state index contributed by atoms with van der Waals surface area (Å²) in [6.07, 6.45) is 1.88. The standard InChI is InChI=1S/C32H33N3O6/c1-20-15-21(5-14-29(20)41-4)17-34-19-33-26-18-35(28(32(37)38)16-27(26)34)31(36)30(22-6-10-24(39-2)11-7-22)23-8-12-25(40-3)13-9-23/h5-15,19,28,30H,16-18H2,1-4H3,(H,37,38)/t28-/m0/s1. The van der Waals surface area contributed by atoms with E-state index in [9.17, 15) is 14.7 Å². The summed E-state index contributed by atoms with van der Waals surface area (Å²) in [5.74, 6) is 0.0555. The van der Waals surface area contributed by atoms with Gasteiger partial charge in [0.25, 0.3) is 0 Å². The summed E-state index contributed by atoms with van der Waals surface area (Å²) in [7, 11) is 4.80. The predicted molar refractivity (Wildman–Crippen MR) is 153 cm³/mol. The summed E-state index contributed by atoms with van der Waals surface area (Å²) < 4.78 is 18.0. The van der Waals surface area contributed by atoms with Crippen LogP contribution in [0.3, 0.4) is 0 Å². The zero-order valence-corrected chi connectivity index (χ0v) is 23.5. The van der Waals surface area contributed by atoms with Crippen LogP contribution in [0.15, 0.2) is 73.1 Å². The number of imidazole rings is 1. The zero-order valence-electron chi connectivity index (χ0n) is 23.5. The van der Waals surface area contributed by atoms with Gasteiger partial charge in [0.05, 0.1) is 45.8 Å². The van der Waals surface area contributed by atoms with Gasteiger partial charge in [-0.05, 0) is 59.5 Å². The van der Waals surface area contributed by atoms with Gasteiger partial charge in [-0.25, -0.2) is 9.78 Å². The number of carbonyl (C=O) groups is 2. The number of carboxylic acids is 1. The fraction of sp³-hybridized carbons (Fsp3) is 0.281. The molecule has 0 aliphatic carbocycles. The van der Waals surface area contributed by atoms with Crippen LogP contribution in [0, 0.1) is 6.92 Å². The van der Waals surface area contributed by atoms with E-state index in [0.29, 0.717) is 23.7 Å². The van der Waals surface area contributed by atoms with Gasteiger partial charge in [-0.2, -0.15) is 0 Å². The van der Waals surface area contributed by atoms with Crippen LogP contribution in [0.2, 0.25) is 0 Å². The average molecular weight is 556 g/mol. The predicted octanol–water partition coefficient (Wildman–Crippen LogP) is 4.44. The number of aryl methyl sites for hydroxylation is 1. The number of fused-ring (bicyclic) bond motifs is 1. The number of hydrogen-bond acceptors (Lipinski definition) is 6. The zero-order chi connectivity index (χ0) is 29.1. The number of rotatable bonds is 9. The second-order valence-corrected chi connectivity index (χ2v) is 10.1.